The molecule has 0 spiro atoms. The SMILES string of the molecule is O=Cc1cc([N+](=O)[O-])ccc1Sc1nnc(Cc2ccccc2)o1. The van der Waals surface area contributed by atoms with Crippen molar-refractivity contribution >= 4 is 23.7 Å². The number of nitro benzene ring substituents is 1. The van der Waals surface area contributed by atoms with Gasteiger partial charge in [0, 0.05) is 22.6 Å². The first-order valence-corrected chi connectivity index (χ1v) is 7.75. The van der Waals surface area contributed by atoms with Crippen LogP contribution in [0, 0.1) is 10.1 Å². The van der Waals surface area contributed by atoms with Gasteiger partial charge in [0.1, 0.15) is 0 Å². The highest BCUT2D eigenvalue weighted by molar-refractivity contribution is 7.99. The van der Waals surface area contributed by atoms with Crippen molar-refractivity contribution in [3.63, 3.8) is 0 Å². The van der Waals surface area contributed by atoms with Crippen LogP contribution < -0.4 is 0 Å². The smallest absolute Gasteiger partial charge is 0.281 e. The minimum Gasteiger partial charge on any atom is -0.415 e. The monoisotopic (exact) mass is 341 g/mol. The largest absolute Gasteiger partial charge is 0.415 e. The Hall–Kier alpha value is -3.00. The summed E-state index contributed by atoms with van der Waals surface area (Å²) in [6.07, 6.45) is 1.08. The molecule has 120 valence electrons. The van der Waals surface area contributed by atoms with Crippen molar-refractivity contribution < 1.29 is 14.1 Å². The maximum absolute atomic E-state index is 11.1. The molecule has 8 heteroatoms. The standard InChI is InChI=1S/C16H11N3O4S/c20-10-12-9-13(19(21)22)6-7-14(12)24-16-18-17-15(23-16)8-11-4-2-1-3-5-11/h1-7,9-10H,8H2. The van der Waals surface area contributed by atoms with Gasteiger partial charge in [-0.25, -0.2) is 0 Å². The van der Waals surface area contributed by atoms with Crippen molar-refractivity contribution in [3.8, 4) is 0 Å². The second-order valence-electron chi connectivity index (χ2n) is 4.82. The second-order valence-corrected chi connectivity index (χ2v) is 5.82. The lowest BCUT2D eigenvalue weighted by Crippen LogP contribution is -1.92. The van der Waals surface area contributed by atoms with E-state index in [4.69, 9.17) is 4.42 Å². The lowest BCUT2D eigenvalue weighted by Gasteiger charge is -2.01. The molecule has 24 heavy (non-hydrogen) atoms. The minimum atomic E-state index is -0.549. The van der Waals surface area contributed by atoms with Crippen LogP contribution in [0.2, 0.25) is 0 Å². The van der Waals surface area contributed by atoms with Crippen LogP contribution in [0.3, 0.4) is 0 Å². The van der Waals surface area contributed by atoms with Crippen LogP contribution in [0.1, 0.15) is 21.8 Å². The number of carbonyl (C=O) groups is 1. The molecule has 0 fully saturated rings. The van der Waals surface area contributed by atoms with E-state index in [1.54, 1.807) is 0 Å². The number of hydrogen-bond donors (Lipinski definition) is 0. The normalized spacial score (nSPS) is 10.5. The summed E-state index contributed by atoms with van der Waals surface area (Å²) in [4.78, 5) is 21.9. The molecule has 0 saturated carbocycles. The molecule has 0 saturated heterocycles. The first-order valence-electron chi connectivity index (χ1n) is 6.93. The number of aromatic nitrogens is 2. The third-order valence-corrected chi connectivity index (χ3v) is 4.11. The summed E-state index contributed by atoms with van der Waals surface area (Å²) >= 11 is 1.10. The first-order chi connectivity index (χ1) is 11.7. The Labute approximate surface area is 140 Å². The van der Waals surface area contributed by atoms with E-state index in [0.717, 1.165) is 17.3 Å². The highest BCUT2D eigenvalue weighted by atomic mass is 32.2. The molecule has 0 unspecified atom stereocenters. The number of benzene rings is 2. The van der Waals surface area contributed by atoms with E-state index in [1.165, 1.54) is 18.2 Å². The van der Waals surface area contributed by atoms with Gasteiger partial charge in [0.05, 0.1) is 11.3 Å². The lowest BCUT2D eigenvalue weighted by molar-refractivity contribution is -0.384. The number of nitrogens with zero attached hydrogens (tertiary/aromatic N) is 3. The molecule has 0 atom stereocenters. The Bertz CT molecular complexity index is 880. The van der Waals surface area contributed by atoms with Crippen molar-refractivity contribution in [2.24, 2.45) is 0 Å². The van der Waals surface area contributed by atoms with Gasteiger partial charge in [-0.15, -0.1) is 10.2 Å². The fourth-order valence-electron chi connectivity index (χ4n) is 2.05. The topological polar surface area (TPSA) is 99.1 Å². The third kappa shape index (κ3) is 3.66. The molecule has 0 bridgehead atoms. The van der Waals surface area contributed by atoms with Crippen molar-refractivity contribution in [2.75, 3.05) is 0 Å². The number of nitro groups is 1. The molecule has 3 aromatic rings. The van der Waals surface area contributed by atoms with E-state index in [0.29, 0.717) is 23.5 Å². The number of aldehydes is 1. The van der Waals surface area contributed by atoms with E-state index in [1.807, 2.05) is 30.3 Å². The van der Waals surface area contributed by atoms with Gasteiger partial charge in [-0.3, -0.25) is 14.9 Å². The van der Waals surface area contributed by atoms with Crippen LogP contribution in [-0.2, 0) is 6.42 Å². The van der Waals surface area contributed by atoms with E-state index in [2.05, 4.69) is 10.2 Å². The van der Waals surface area contributed by atoms with Crippen LogP contribution in [0.4, 0.5) is 5.69 Å². The molecule has 7 nitrogen and oxygen atoms in total. The zero-order valence-corrected chi connectivity index (χ0v) is 13.1. The Morgan fingerprint density at radius 1 is 1.17 bits per heavy atom. The van der Waals surface area contributed by atoms with Gasteiger partial charge in [-0.1, -0.05) is 30.3 Å². The number of hydrogen-bond acceptors (Lipinski definition) is 7. The van der Waals surface area contributed by atoms with E-state index in [-0.39, 0.29) is 16.5 Å². The van der Waals surface area contributed by atoms with E-state index >= 15 is 0 Å². The van der Waals surface area contributed by atoms with Crippen molar-refractivity contribution in [1.29, 1.82) is 0 Å². The van der Waals surface area contributed by atoms with Crippen LogP contribution >= 0.6 is 11.8 Å². The molecule has 3 rings (SSSR count). The summed E-state index contributed by atoms with van der Waals surface area (Å²) in [5.41, 5.74) is 1.11. The van der Waals surface area contributed by atoms with Crippen LogP contribution in [-0.4, -0.2) is 21.4 Å². The summed E-state index contributed by atoms with van der Waals surface area (Å²) in [6, 6.07) is 13.7. The van der Waals surface area contributed by atoms with E-state index < -0.39 is 4.92 Å². The average molecular weight is 341 g/mol. The maximum Gasteiger partial charge on any atom is 0.281 e. The molecule has 1 heterocycles. The van der Waals surface area contributed by atoms with Crippen LogP contribution in [0.15, 0.2) is 63.1 Å². The quantitative estimate of drug-likeness (QED) is 0.384. The van der Waals surface area contributed by atoms with E-state index in [9.17, 15) is 14.9 Å². The van der Waals surface area contributed by atoms with Gasteiger partial charge in [0.25, 0.3) is 10.9 Å². The zero-order chi connectivity index (χ0) is 16.9. The molecular weight excluding hydrogens is 330 g/mol. The third-order valence-electron chi connectivity index (χ3n) is 3.17. The molecule has 2 aromatic carbocycles. The minimum absolute atomic E-state index is 0.142. The Morgan fingerprint density at radius 3 is 2.67 bits per heavy atom. The fraction of sp³-hybridized carbons (Fsp3) is 0.0625. The number of rotatable bonds is 6. The molecule has 0 amide bonds. The number of carbonyl (C=O) groups excluding carboxylic acids is 1. The molecular formula is C16H11N3O4S. The summed E-state index contributed by atoms with van der Waals surface area (Å²) in [6.45, 7) is 0. The van der Waals surface area contributed by atoms with Gasteiger partial charge in [-0.05, 0) is 23.4 Å². The molecule has 0 radical (unpaired) electrons. The zero-order valence-electron chi connectivity index (χ0n) is 12.3. The average Bonchev–Trinajstić information content (AvgIpc) is 3.03. The van der Waals surface area contributed by atoms with Crippen molar-refractivity contribution in [3.05, 3.63) is 75.7 Å². The summed E-state index contributed by atoms with van der Waals surface area (Å²) in [5.74, 6) is 0.457. The summed E-state index contributed by atoms with van der Waals surface area (Å²) < 4.78 is 5.56. The Balaban J connectivity index is 1.77. The highest BCUT2D eigenvalue weighted by Gasteiger charge is 2.14. The maximum atomic E-state index is 11.1. The number of non-ortho nitro benzene ring substituents is 1. The molecule has 1 aromatic heterocycles. The van der Waals surface area contributed by atoms with Gasteiger partial charge >= 0.3 is 0 Å². The van der Waals surface area contributed by atoms with Crippen molar-refractivity contribution in [2.45, 2.75) is 16.5 Å². The first kappa shape index (κ1) is 15.9. The second kappa shape index (κ2) is 7.05. The summed E-state index contributed by atoms with van der Waals surface area (Å²) in [5, 5.41) is 18.9. The Kier molecular flexibility index (Phi) is 4.66. The Morgan fingerprint density at radius 2 is 1.96 bits per heavy atom. The predicted octanol–water partition coefficient (Wildman–Crippen LogP) is 3.53. The van der Waals surface area contributed by atoms with Crippen LogP contribution in [0.5, 0.6) is 0 Å². The molecule has 0 aliphatic carbocycles. The van der Waals surface area contributed by atoms with Crippen molar-refractivity contribution in [1.82, 2.24) is 10.2 Å². The highest BCUT2D eigenvalue weighted by Crippen LogP contribution is 2.31. The van der Waals surface area contributed by atoms with Gasteiger partial charge in [-0.2, -0.15) is 0 Å². The molecule has 0 aliphatic heterocycles. The van der Waals surface area contributed by atoms with Crippen LogP contribution in [0.25, 0.3) is 0 Å². The predicted molar refractivity (Wildman–Crippen MR) is 86.2 cm³/mol. The van der Waals surface area contributed by atoms with Gasteiger partial charge < -0.3 is 4.42 Å². The van der Waals surface area contributed by atoms with Gasteiger partial charge in [0.2, 0.25) is 5.89 Å². The van der Waals surface area contributed by atoms with Gasteiger partial charge in [0.15, 0.2) is 6.29 Å². The lowest BCUT2D eigenvalue weighted by atomic mass is 10.2. The molecule has 0 aliphatic rings. The summed E-state index contributed by atoms with van der Waals surface area (Å²) in [7, 11) is 0. The molecule has 0 N–H and O–H groups in total. The fourth-order valence-corrected chi connectivity index (χ4v) is 2.82.